The minimum Gasteiger partial charge on any atom is -0.316 e. The summed E-state index contributed by atoms with van der Waals surface area (Å²) in [5.74, 6) is 0. The van der Waals surface area contributed by atoms with Gasteiger partial charge in [-0.1, -0.05) is 0 Å². The third-order valence-electron chi connectivity index (χ3n) is 2.83. The fraction of sp³-hybridized carbons (Fsp3) is 0.333. The number of benzene rings is 1. The SMILES string of the molecule is CC(C)n1c(=O)c(=O)[nH]c2cc(S(C)(=O)=O)ccc21. The van der Waals surface area contributed by atoms with E-state index in [-0.39, 0.29) is 10.9 Å². The summed E-state index contributed by atoms with van der Waals surface area (Å²) in [6.45, 7) is 3.56. The van der Waals surface area contributed by atoms with Gasteiger partial charge in [0.1, 0.15) is 0 Å². The second kappa shape index (κ2) is 4.34. The molecule has 0 unspecified atom stereocenters. The van der Waals surface area contributed by atoms with Crippen LogP contribution in [0.4, 0.5) is 0 Å². The number of H-pyrrole nitrogens is 1. The van der Waals surface area contributed by atoms with E-state index in [9.17, 15) is 18.0 Å². The van der Waals surface area contributed by atoms with Crippen molar-refractivity contribution in [3.8, 4) is 0 Å². The van der Waals surface area contributed by atoms with Crippen LogP contribution in [0.3, 0.4) is 0 Å². The highest BCUT2D eigenvalue weighted by Crippen LogP contribution is 2.17. The van der Waals surface area contributed by atoms with Crippen molar-refractivity contribution < 1.29 is 8.42 Å². The Morgan fingerprint density at radius 2 is 1.84 bits per heavy atom. The van der Waals surface area contributed by atoms with E-state index in [4.69, 9.17) is 0 Å². The quantitative estimate of drug-likeness (QED) is 0.820. The van der Waals surface area contributed by atoms with Gasteiger partial charge in [0.25, 0.3) is 0 Å². The zero-order chi connectivity index (χ0) is 14.4. The standard InChI is InChI=1S/C12H14N2O4S/c1-7(2)14-10-5-4-8(19(3,17)18)6-9(10)13-11(15)12(14)16/h4-7H,1-3H3,(H,13,15). The molecule has 2 aromatic rings. The molecule has 1 aromatic heterocycles. The smallest absolute Gasteiger partial charge is 0.316 e. The molecule has 0 radical (unpaired) electrons. The molecule has 1 N–H and O–H groups in total. The minimum absolute atomic E-state index is 0.101. The lowest BCUT2D eigenvalue weighted by Gasteiger charge is -2.13. The Bertz CT molecular complexity index is 859. The summed E-state index contributed by atoms with van der Waals surface area (Å²) < 4.78 is 24.3. The molecule has 0 spiro atoms. The molecule has 0 bridgehead atoms. The number of aromatic nitrogens is 2. The number of fused-ring (bicyclic) bond motifs is 1. The molecule has 19 heavy (non-hydrogen) atoms. The fourth-order valence-electron chi connectivity index (χ4n) is 1.96. The molecule has 102 valence electrons. The third kappa shape index (κ3) is 2.33. The van der Waals surface area contributed by atoms with E-state index in [1.807, 2.05) is 0 Å². The Balaban J connectivity index is 2.95. The van der Waals surface area contributed by atoms with E-state index in [1.165, 1.54) is 22.8 Å². The highest BCUT2D eigenvalue weighted by Gasteiger charge is 2.13. The molecule has 1 heterocycles. The van der Waals surface area contributed by atoms with Crippen LogP contribution in [-0.2, 0) is 9.84 Å². The van der Waals surface area contributed by atoms with Crippen molar-refractivity contribution in [3.63, 3.8) is 0 Å². The maximum atomic E-state index is 11.8. The molecule has 0 fully saturated rings. The molecule has 0 saturated carbocycles. The van der Waals surface area contributed by atoms with E-state index < -0.39 is 21.0 Å². The molecule has 0 amide bonds. The van der Waals surface area contributed by atoms with Gasteiger partial charge >= 0.3 is 11.1 Å². The predicted molar refractivity (Wildman–Crippen MR) is 72.3 cm³/mol. The second-order valence-electron chi connectivity index (χ2n) is 4.67. The van der Waals surface area contributed by atoms with Crippen LogP contribution in [0.2, 0.25) is 0 Å². The summed E-state index contributed by atoms with van der Waals surface area (Å²) in [5.41, 5.74) is -0.560. The highest BCUT2D eigenvalue weighted by atomic mass is 32.2. The Morgan fingerprint density at radius 1 is 1.21 bits per heavy atom. The summed E-state index contributed by atoms with van der Waals surface area (Å²) in [4.78, 5) is 25.9. The lowest BCUT2D eigenvalue weighted by molar-refractivity contribution is 0.593. The molecule has 0 atom stereocenters. The first-order chi connectivity index (χ1) is 8.71. The first-order valence-corrected chi connectivity index (χ1v) is 7.59. The first-order valence-electron chi connectivity index (χ1n) is 5.70. The normalized spacial score (nSPS) is 12.2. The zero-order valence-corrected chi connectivity index (χ0v) is 11.6. The number of nitrogens with zero attached hydrogens (tertiary/aromatic N) is 1. The molecule has 0 saturated heterocycles. The Kier molecular flexibility index (Phi) is 3.09. The summed E-state index contributed by atoms with van der Waals surface area (Å²) in [5, 5.41) is 0. The molecular formula is C12H14N2O4S. The van der Waals surface area contributed by atoms with Crippen molar-refractivity contribution in [2.24, 2.45) is 0 Å². The van der Waals surface area contributed by atoms with Crippen LogP contribution >= 0.6 is 0 Å². The lowest BCUT2D eigenvalue weighted by atomic mass is 10.2. The van der Waals surface area contributed by atoms with Gasteiger partial charge in [-0.25, -0.2) is 8.42 Å². The molecule has 0 aliphatic rings. The van der Waals surface area contributed by atoms with Crippen LogP contribution in [0.25, 0.3) is 11.0 Å². The number of aromatic amines is 1. The molecule has 2 rings (SSSR count). The summed E-state index contributed by atoms with van der Waals surface area (Å²) in [7, 11) is -3.36. The Labute approximate surface area is 109 Å². The van der Waals surface area contributed by atoms with Gasteiger partial charge in [0.2, 0.25) is 0 Å². The zero-order valence-electron chi connectivity index (χ0n) is 10.8. The van der Waals surface area contributed by atoms with E-state index in [1.54, 1.807) is 13.8 Å². The van der Waals surface area contributed by atoms with Gasteiger partial charge in [0.05, 0.1) is 15.9 Å². The largest absolute Gasteiger partial charge is 0.316 e. The summed E-state index contributed by atoms with van der Waals surface area (Å²) in [6, 6.07) is 4.13. The molecule has 6 nitrogen and oxygen atoms in total. The monoisotopic (exact) mass is 282 g/mol. The highest BCUT2D eigenvalue weighted by molar-refractivity contribution is 7.90. The maximum Gasteiger partial charge on any atom is 0.316 e. The average Bonchev–Trinajstić information content (AvgIpc) is 2.28. The molecular weight excluding hydrogens is 268 g/mol. The van der Waals surface area contributed by atoms with E-state index in [0.29, 0.717) is 11.0 Å². The van der Waals surface area contributed by atoms with Crippen molar-refractivity contribution in [3.05, 3.63) is 38.9 Å². The van der Waals surface area contributed by atoms with E-state index >= 15 is 0 Å². The van der Waals surface area contributed by atoms with Crippen molar-refractivity contribution in [1.29, 1.82) is 0 Å². The van der Waals surface area contributed by atoms with Crippen LogP contribution in [0, 0.1) is 0 Å². The van der Waals surface area contributed by atoms with Crippen LogP contribution in [-0.4, -0.2) is 24.2 Å². The number of hydrogen-bond acceptors (Lipinski definition) is 4. The van der Waals surface area contributed by atoms with Crippen LogP contribution in [0.15, 0.2) is 32.7 Å². The van der Waals surface area contributed by atoms with Gasteiger partial charge in [-0.3, -0.25) is 14.2 Å². The van der Waals surface area contributed by atoms with Gasteiger partial charge in [-0.15, -0.1) is 0 Å². The summed E-state index contributed by atoms with van der Waals surface area (Å²) >= 11 is 0. The predicted octanol–water partition coefficient (Wildman–Crippen LogP) is 0.674. The van der Waals surface area contributed by atoms with Gasteiger partial charge in [-0.05, 0) is 32.0 Å². The van der Waals surface area contributed by atoms with E-state index in [2.05, 4.69) is 4.98 Å². The third-order valence-corrected chi connectivity index (χ3v) is 3.94. The average molecular weight is 282 g/mol. The van der Waals surface area contributed by atoms with Crippen molar-refractivity contribution in [2.45, 2.75) is 24.8 Å². The van der Waals surface area contributed by atoms with Crippen molar-refractivity contribution in [2.75, 3.05) is 6.26 Å². The number of rotatable bonds is 2. The minimum atomic E-state index is -3.36. The molecule has 7 heteroatoms. The number of nitrogens with one attached hydrogen (secondary N) is 1. The van der Waals surface area contributed by atoms with Crippen LogP contribution < -0.4 is 11.1 Å². The van der Waals surface area contributed by atoms with Crippen molar-refractivity contribution >= 4 is 20.9 Å². The Hall–Kier alpha value is -1.89. The topological polar surface area (TPSA) is 89.0 Å². The van der Waals surface area contributed by atoms with Crippen molar-refractivity contribution in [1.82, 2.24) is 9.55 Å². The first kappa shape index (κ1) is 13.5. The molecule has 1 aromatic carbocycles. The lowest BCUT2D eigenvalue weighted by Crippen LogP contribution is -2.37. The summed E-state index contributed by atoms with van der Waals surface area (Å²) in [6.07, 6.45) is 1.09. The molecule has 0 aliphatic heterocycles. The second-order valence-corrected chi connectivity index (χ2v) is 6.69. The van der Waals surface area contributed by atoms with E-state index in [0.717, 1.165) is 6.26 Å². The van der Waals surface area contributed by atoms with Gasteiger partial charge < -0.3 is 4.98 Å². The van der Waals surface area contributed by atoms with Gasteiger partial charge in [-0.2, -0.15) is 0 Å². The number of sulfone groups is 1. The van der Waals surface area contributed by atoms with Crippen LogP contribution in [0.1, 0.15) is 19.9 Å². The molecule has 0 aliphatic carbocycles. The van der Waals surface area contributed by atoms with Gasteiger partial charge in [0.15, 0.2) is 9.84 Å². The fourth-order valence-corrected chi connectivity index (χ4v) is 2.61. The maximum absolute atomic E-state index is 11.8. The van der Waals surface area contributed by atoms with Crippen LogP contribution in [0.5, 0.6) is 0 Å². The Morgan fingerprint density at radius 3 is 2.37 bits per heavy atom. The number of hydrogen-bond donors (Lipinski definition) is 1. The van der Waals surface area contributed by atoms with Gasteiger partial charge in [0, 0.05) is 12.3 Å².